The second-order valence-electron chi connectivity index (χ2n) is 5.97. The molecule has 1 saturated heterocycles. The maximum Gasteiger partial charge on any atom is 0.325 e. The largest absolute Gasteiger partial charge is 0.465 e. The summed E-state index contributed by atoms with van der Waals surface area (Å²) >= 11 is 0. The van der Waals surface area contributed by atoms with Crippen LogP contribution in [0.1, 0.15) is 6.92 Å². The minimum absolute atomic E-state index is 0.139. The Balaban J connectivity index is 1.76. The molecule has 0 radical (unpaired) electrons. The van der Waals surface area contributed by atoms with Gasteiger partial charge in [-0.05, 0) is 29.8 Å². The van der Waals surface area contributed by atoms with Gasteiger partial charge < -0.3 is 9.64 Å². The van der Waals surface area contributed by atoms with Crippen molar-refractivity contribution in [2.75, 3.05) is 32.8 Å². The number of rotatable bonds is 5. The maximum absolute atomic E-state index is 12.9. The monoisotopic (exact) mass is 376 g/mol. The molecule has 0 saturated carbocycles. The fourth-order valence-electron chi connectivity index (χ4n) is 2.90. The zero-order chi connectivity index (χ0) is 18.7. The maximum atomic E-state index is 12.9. The van der Waals surface area contributed by atoms with Crippen molar-refractivity contribution in [2.24, 2.45) is 0 Å². The van der Waals surface area contributed by atoms with Gasteiger partial charge in [-0.15, -0.1) is 0 Å². The lowest BCUT2D eigenvalue weighted by Gasteiger charge is -2.33. The summed E-state index contributed by atoms with van der Waals surface area (Å²) in [5.74, 6) is -0.902. The molecule has 1 heterocycles. The number of esters is 1. The number of amides is 1. The third-order valence-electron chi connectivity index (χ3n) is 4.27. The second kappa shape index (κ2) is 7.43. The van der Waals surface area contributed by atoms with Gasteiger partial charge in [0.2, 0.25) is 15.9 Å². The van der Waals surface area contributed by atoms with Crippen LogP contribution in [0, 0.1) is 0 Å². The molecule has 1 amide bonds. The molecule has 138 valence electrons. The highest BCUT2D eigenvalue weighted by Crippen LogP contribution is 2.23. The van der Waals surface area contributed by atoms with Gasteiger partial charge >= 0.3 is 5.97 Å². The quantitative estimate of drug-likeness (QED) is 0.733. The average molecular weight is 376 g/mol. The molecule has 0 atom stereocenters. The molecule has 1 aliphatic rings. The molecular weight excluding hydrogens is 356 g/mol. The van der Waals surface area contributed by atoms with Gasteiger partial charge in [0, 0.05) is 13.1 Å². The molecule has 0 aliphatic carbocycles. The Labute approximate surface area is 152 Å². The Morgan fingerprint density at radius 1 is 1.12 bits per heavy atom. The van der Waals surface area contributed by atoms with Crippen molar-refractivity contribution in [1.82, 2.24) is 9.21 Å². The molecule has 8 heteroatoms. The van der Waals surface area contributed by atoms with E-state index < -0.39 is 21.9 Å². The highest BCUT2D eigenvalue weighted by molar-refractivity contribution is 7.89. The molecular formula is C18H20N2O5S. The molecule has 0 N–H and O–H groups in total. The van der Waals surface area contributed by atoms with Crippen molar-refractivity contribution < 1.29 is 22.7 Å². The minimum atomic E-state index is -3.78. The molecule has 0 unspecified atom stereocenters. The van der Waals surface area contributed by atoms with E-state index in [2.05, 4.69) is 0 Å². The fourth-order valence-corrected chi connectivity index (χ4v) is 4.32. The first kappa shape index (κ1) is 18.3. The van der Waals surface area contributed by atoms with Crippen molar-refractivity contribution >= 4 is 32.7 Å². The summed E-state index contributed by atoms with van der Waals surface area (Å²) in [6, 6.07) is 12.4. The highest BCUT2D eigenvalue weighted by atomic mass is 32.2. The zero-order valence-electron chi connectivity index (χ0n) is 14.4. The van der Waals surface area contributed by atoms with E-state index in [4.69, 9.17) is 4.74 Å². The first-order valence-electron chi connectivity index (χ1n) is 8.34. The predicted octanol–water partition coefficient (Wildman–Crippen LogP) is 1.24. The van der Waals surface area contributed by atoms with Gasteiger partial charge in [0.1, 0.15) is 6.54 Å². The lowest BCUT2D eigenvalue weighted by atomic mass is 10.1. The molecule has 26 heavy (non-hydrogen) atoms. The van der Waals surface area contributed by atoms with Crippen LogP contribution in [-0.2, 0) is 24.3 Å². The van der Waals surface area contributed by atoms with E-state index in [1.165, 1.54) is 4.90 Å². The van der Waals surface area contributed by atoms with Gasteiger partial charge in [-0.25, -0.2) is 8.42 Å². The standard InChI is InChI=1S/C18H20N2O5S/c1-2-25-18(22)13-19-9-10-20(12-17(19)21)26(23,24)16-8-7-14-5-3-4-6-15(14)11-16/h3-8,11H,2,9-10,12-13H2,1H3. The van der Waals surface area contributed by atoms with Crippen LogP contribution >= 0.6 is 0 Å². The van der Waals surface area contributed by atoms with E-state index in [1.54, 1.807) is 25.1 Å². The number of hydrogen-bond donors (Lipinski definition) is 0. The molecule has 2 aromatic rings. The third-order valence-corrected chi connectivity index (χ3v) is 6.11. The molecule has 1 fully saturated rings. The number of benzene rings is 2. The summed E-state index contributed by atoms with van der Waals surface area (Å²) in [7, 11) is -3.78. The lowest BCUT2D eigenvalue weighted by Crippen LogP contribution is -2.53. The van der Waals surface area contributed by atoms with Crippen molar-refractivity contribution in [2.45, 2.75) is 11.8 Å². The topological polar surface area (TPSA) is 84.0 Å². The first-order chi connectivity index (χ1) is 12.4. The number of carbonyl (C=O) groups excluding carboxylic acids is 2. The van der Waals surface area contributed by atoms with E-state index in [0.717, 1.165) is 15.1 Å². The van der Waals surface area contributed by atoms with Crippen molar-refractivity contribution in [3.63, 3.8) is 0 Å². The summed E-state index contributed by atoms with van der Waals surface area (Å²) in [6.07, 6.45) is 0. The number of piperazine rings is 1. The van der Waals surface area contributed by atoms with Crippen LogP contribution in [-0.4, -0.2) is 62.3 Å². The van der Waals surface area contributed by atoms with E-state index in [0.29, 0.717) is 0 Å². The number of nitrogens with zero attached hydrogens (tertiary/aromatic N) is 2. The number of ether oxygens (including phenoxy) is 1. The van der Waals surface area contributed by atoms with Crippen LogP contribution in [0.4, 0.5) is 0 Å². The summed E-state index contributed by atoms with van der Waals surface area (Å²) in [5, 5.41) is 1.77. The van der Waals surface area contributed by atoms with Gasteiger partial charge in [-0.1, -0.05) is 30.3 Å². The average Bonchev–Trinajstić information content (AvgIpc) is 2.63. The fraction of sp³-hybridized carbons (Fsp3) is 0.333. The number of hydrogen-bond acceptors (Lipinski definition) is 5. The first-order valence-corrected chi connectivity index (χ1v) is 9.78. The third kappa shape index (κ3) is 3.71. The van der Waals surface area contributed by atoms with Crippen LogP contribution < -0.4 is 0 Å². The predicted molar refractivity (Wildman–Crippen MR) is 95.9 cm³/mol. The van der Waals surface area contributed by atoms with Gasteiger partial charge in [-0.2, -0.15) is 4.31 Å². The van der Waals surface area contributed by atoms with Gasteiger partial charge in [-0.3, -0.25) is 9.59 Å². The summed E-state index contributed by atoms with van der Waals surface area (Å²) in [5.41, 5.74) is 0. The van der Waals surface area contributed by atoms with Crippen molar-refractivity contribution in [3.8, 4) is 0 Å². The van der Waals surface area contributed by atoms with E-state index in [-0.39, 0.29) is 37.7 Å². The lowest BCUT2D eigenvalue weighted by molar-refractivity contribution is -0.150. The molecule has 7 nitrogen and oxygen atoms in total. The van der Waals surface area contributed by atoms with Gasteiger partial charge in [0.05, 0.1) is 18.0 Å². The molecule has 3 rings (SSSR count). The Bertz CT molecular complexity index is 942. The van der Waals surface area contributed by atoms with E-state index in [1.807, 2.05) is 24.3 Å². The van der Waals surface area contributed by atoms with Crippen molar-refractivity contribution in [3.05, 3.63) is 42.5 Å². The van der Waals surface area contributed by atoms with Crippen LogP contribution in [0.2, 0.25) is 0 Å². The summed E-state index contributed by atoms with van der Waals surface area (Å²) in [4.78, 5) is 25.3. The highest BCUT2D eigenvalue weighted by Gasteiger charge is 2.33. The number of sulfonamides is 1. The molecule has 1 aliphatic heterocycles. The summed E-state index contributed by atoms with van der Waals surface area (Å²) in [6.45, 7) is 1.78. The van der Waals surface area contributed by atoms with Gasteiger partial charge in [0.25, 0.3) is 0 Å². The SMILES string of the molecule is CCOC(=O)CN1CCN(S(=O)(=O)c2ccc3ccccc3c2)CC1=O. The number of carbonyl (C=O) groups is 2. The van der Waals surface area contributed by atoms with E-state index >= 15 is 0 Å². The molecule has 2 aromatic carbocycles. The Kier molecular flexibility index (Phi) is 5.24. The second-order valence-corrected chi connectivity index (χ2v) is 7.91. The Hall–Kier alpha value is -2.45. The number of fused-ring (bicyclic) bond motifs is 1. The van der Waals surface area contributed by atoms with E-state index in [9.17, 15) is 18.0 Å². The van der Waals surface area contributed by atoms with Gasteiger partial charge in [0.15, 0.2) is 0 Å². The zero-order valence-corrected chi connectivity index (χ0v) is 15.2. The molecule has 0 bridgehead atoms. The minimum Gasteiger partial charge on any atom is -0.465 e. The van der Waals surface area contributed by atoms with Crippen molar-refractivity contribution in [1.29, 1.82) is 0 Å². The smallest absolute Gasteiger partial charge is 0.325 e. The van der Waals surface area contributed by atoms with Crippen LogP contribution in [0.3, 0.4) is 0 Å². The normalized spacial score (nSPS) is 16.0. The van der Waals surface area contributed by atoms with Crippen LogP contribution in [0.15, 0.2) is 47.4 Å². The Morgan fingerprint density at radius 2 is 1.85 bits per heavy atom. The Morgan fingerprint density at radius 3 is 2.54 bits per heavy atom. The molecule has 0 spiro atoms. The summed E-state index contributed by atoms with van der Waals surface area (Å²) < 4.78 is 31.7. The molecule has 0 aromatic heterocycles. The van der Waals surface area contributed by atoms with Crippen LogP contribution in [0.25, 0.3) is 10.8 Å². The van der Waals surface area contributed by atoms with Crippen LogP contribution in [0.5, 0.6) is 0 Å².